The fourth-order valence-corrected chi connectivity index (χ4v) is 2.53. The highest BCUT2D eigenvalue weighted by Gasteiger charge is 2.33. The molecule has 6 heteroatoms. The van der Waals surface area contributed by atoms with Crippen LogP contribution in [0.15, 0.2) is 0 Å². The van der Waals surface area contributed by atoms with Crippen molar-refractivity contribution >= 4 is 11.6 Å². The summed E-state index contributed by atoms with van der Waals surface area (Å²) in [5.74, 6) is 0.292. The van der Waals surface area contributed by atoms with Crippen molar-refractivity contribution in [2.24, 2.45) is 0 Å². The number of carbonyl (C=O) groups excluding carboxylic acids is 1. The first-order valence-electron chi connectivity index (χ1n) is 6.95. The summed E-state index contributed by atoms with van der Waals surface area (Å²) in [5.41, 5.74) is 7.75. The molecule has 0 radical (unpaired) electrons. The Kier molecular flexibility index (Phi) is 3.18. The molecule has 3 rings (SSSR count). The molecule has 0 atom stereocenters. The van der Waals surface area contributed by atoms with Gasteiger partial charge in [0, 0.05) is 18.6 Å². The highest BCUT2D eigenvalue weighted by atomic mass is 16.5. The molecular formula is C13H20N4O2. The maximum Gasteiger partial charge on any atom is 0.274 e. The number of aromatic nitrogens is 2. The van der Waals surface area contributed by atoms with Gasteiger partial charge < -0.3 is 15.8 Å². The molecule has 2 aliphatic carbocycles. The van der Waals surface area contributed by atoms with E-state index in [-0.39, 0.29) is 18.1 Å². The molecule has 1 amide bonds. The van der Waals surface area contributed by atoms with E-state index >= 15 is 0 Å². The van der Waals surface area contributed by atoms with Gasteiger partial charge in [0.25, 0.3) is 5.91 Å². The van der Waals surface area contributed by atoms with Crippen LogP contribution in [0.25, 0.3) is 0 Å². The fourth-order valence-electron chi connectivity index (χ4n) is 2.53. The monoisotopic (exact) mass is 264 g/mol. The largest absolute Gasteiger partial charge is 0.395 e. The number of nitrogens with zero attached hydrogens (tertiary/aromatic N) is 1. The van der Waals surface area contributed by atoms with Gasteiger partial charge in [0.05, 0.1) is 17.5 Å². The molecular weight excluding hydrogens is 244 g/mol. The number of nitrogens with one attached hydrogen (secondary N) is 2. The van der Waals surface area contributed by atoms with Gasteiger partial charge in [-0.2, -0.15) is 5.10 Å². The van der Waals surface area contributed by atoms with Gasteiger partial charge in [0.2, 0.25) is 0 Å². The number of rotatable bonds is 5. The van der Waals surface area contributed by atoms with Gasteiger partial charge in [-0.15, -0.1) is 0 Å². The van der Waals surface area contributed by atoms with E-state index in [0.717, 1.165) is 38.0 Å². The summed E-state index contributed by atoms with van der Waals surface area (Å²) < 4.78 is 5.47. The lowest BCUT2D eigenvalue weighted by atomic mass is 9.89. The number of carbonyl (C=O) groups is 1. The van der Waals surface area contributed by atoms with Crippen LogP contribution in [0, 0.1) is 0 Å². The minimum absolute atomic E-state index is 0.180. The Morgan fingerprint density at radius 3 is 2.89 bits per heavy atom. The zero-order valence-electron chi connectivity index (χ0n) is 11.1. The van der Waals surface area contributed by atoms with Gasteiger partial charge in [0.15, 0.2) is 5.69 Å². The maximum absolute atomic E-state index is 12.1. The Labute approximate surface area is 112 Å². The number of amides is 1. The van der Waals surface area contributed by atoms with Gasteiger partial charge >= 0.3 is 0 Å². The topological polar surface area (TPSA) is 93.0 Å². The van der Waals surface area contributed by atoms with E-state index < -0.39 is 0 Å². The highest BCUT2D eigenvalue weighted by Crippen LogP contribution is 2.42. The molecule has 0 saturated heterocycles. The Hall–Kier alpha value is -1.56. The molecule has 1 heterocycles. The Morgan fingerprint density at radius 1 is 1.53 bits per heavy atom. The fraction of sp³-hybridized carbons (Fsp3) is 0.692. The van der Waals surface area contributed by atoms with Crippen LogP contribution in [0.1, 0.15) is 54.7 Å². The standard InChI is InChI=1S/C13H20N4O2/c1-2-19-9-5-8(6-9)15-13(18)12-10(14)11(16-17-12)7-3-4-7/h7-9H,2-6,14H2,1H3,(H,15,18)(H,16,17). The van der Waals surface area contributed by atoms with Crippen molar-refractivity contribution < 1.29 is 9.53 Å². The Bertz CT molecular complexity index is 475. The van der Waals surface area contributed by atoms with Gasteiger partial charge in [-0.25, -0.2) is 0 Å². The third-order valence-corrected chi connectivity index (χ3v) is 3.87. The molecule has 0 aliphatic heterocycles. The van der Waals surface area contributed by atoms with Crippen LogP contribution < -0.4 is 11.1 Å². The predicted molar refractivity (Wildman–Crippen MR) is 70.9 cm³/mol. The van der Waals surface area contributed by atoms with Crippen molar-refractivity contribution in [2.75, 3.05) is 12.3 Å². The zero-order valence-corrected chi connectivity index (χ0v) is 11.1. The quantitative estimate of drug-likeness (QED) is 0.744. The van der Waals surface area contributed by atoms with E-state index in [4.69, 9.17) is 10.5 Å². The van der Waals surface area contributed by atoms with Gasteiger partial charge in [-0.1, -0.05) is 0 Å². The number of nitrogens with two attached hydrogens (primary N) is 1. The average Bonchev–Trinajstić information content (AvgIpc) is 3.10. The van der Waals surface area contributed by atoms with Crippen LogP contribution in [0.3, 0.4) is 0 Å². The predicted octanol–water partition coefficient (Wildman–Crippen LogP) is 1.17. The molecule has 4 N–H and O–H groups in total. The number of hydrogen-bond donors (Lipinski definition) is 3. The third kappa shape index (κ3) is 2.45. The van der Waals surface area contributed by atoms with Crippen molar-refractivity contribution in [2.45, 2.75) is 50.7 Å². The molecule has 104 valence electrons. The first kappa shape index (κ1) is 12.5. The summed E-state index contributed by atoms with van der Waals surface area (Å²) in [4.78, 5) is 12.1. The minimum Gasteiger partial charge on any atom is -0.395 e. The van der Waals surface area contributed by atoms with Crippen LogP contribution in [0.5, 0.6) is 0 Å². The second-order valence-corrected chi connectivity index (χ2v) is 5.39. The summed E-state index contributed by atoms with van der Waals surface area (Å²) >= 11 is 0. The van der Waals surface area contributed by atoms with Crippen molar-refractivity contribution in [1.29, 1.82) is 0 Å². The molecule has 0 aromatic carbocycles. The molecule has 2 saturated carbocycles. The lowest BCUT2D eigenvalue weighted by Crippen LogP contribution is -2.48. The second kappa shape index (κ2) is 4.85. The molecule has 1 aromatic heterocycles. The number of H-pyrrole nitrogens is 1. The van der Waals surface area contributed by atoms with E-state index in [2.05, 4.69) is 15.5 Å². The summed E-state index contributed by atoms with van der Waals surface area (Å²) in [6.45, 7) is 2.71. The summed E-state index contributed by atoms with van der Waals surface area (Å²) in [5, 5.41) is 9.90. The number of hydrogen-bond acceptors (Lipinski definition) is 4. The lowest BCUT2D eigenvalue weighted by molar-refractivity contribution is -0.00866. The Morgan fingerprint density at radius 2 is 2.26 bits per heavy atom. The van der Waals surface area contributed by atoms with Gasteiger partial charge in [-0.3, -0.25) is 9.89 Å². The normalized spacial score (nSPS) is 25.9. The third-order valence-electron chi connectivity index (χ3n) is 3.87. The molecule has 2 fully saturated rings. The molecule has 1 aromatic rings. The van der Waals surface area contributed by atoms with E-state index in [1.807, 2.05) is 6.92 Å². The number of nitrogen functional groups attached to an aromatic ring is 1. The summed E-state index contributed by atoms with van der Waals surface area (Å²) in [7, 11) is 0. The van der Waals surface area contributed by atoms with Crippen LogP contribution >= 0.6 is 0 Å². The number of aromatic amines is 1. The van der Waals surface area contributed by atoms with Crippen molar-refractivity contribution in [3.05, 3.63) is 11.4 Å². The molecule has 0 spiro atoms. The molecule has 2 aliphatic rings. The van der Waals surface area contributed by atoms with Gasteiger partial charge in [0.1, 0.15) is 0 Å². The van der Waals surface area contributed by atoms with Crippen molar-refractivity contribution in [3.8, 4) is 0 Å². The Balaban J connectivity index is 1.56. The second-order valence-electron chi connectivity index (χ2n) is 5.39. The molecule has 0 bridgehead atoms. The number of ether oxygens (including phenoxy) is 1. The molecule has 19 heavy (non-hydrogen) atoms. The highest BCUT2D eigenvalue weighted by molar-refractivity contribution is 5.98. The van der Waals surface area contributed by atoms with E-state index in [9.17, 15) is 4.79 Å². The molecule has 0 unspecified atom stereocenters. The minimum atomic E-state index is -0.180. The van der Waals surface area contributed by atoms with Crippen molar-refractivity contribution in [1.82, 2.24) is 15.5 Å². The van der Waals surface area contributed by atoms with E-state index in [1.54, 1.807) is 0 Å². The number of anilines is 1. The first-order chi connectivity index (χ1) is 9.19. The van der Waals surface area contributed by atoms with Crippen LogP contribution in [-0.2, 0) is 4.74 Å². The van der Waals surface area contributed by atoms with E-state index in [1.165, 1.54) is 0 Å². The van der Waals surface area contributed by atoms with Gasteiger partial charge in [-0.05, 0) is 32.6 Å². The smallest absolute Gasteiger partial charge is 0.274 e. The van der Waals surface area contributed by atoms with E-state index in [0.29, 0.717) is 17.3 Å². The lowest BCUT2D eigenvalue weighted by Gasteiger charge is -2.35. The zero-order chi connectivity index (χ0) is 13.4. The SMILES string of the molecule is CCOC1CC(NC(=O)c2n[nH]c(C3CC3)c2N)C1. The first-order valence-corrected chi connectivity index (χ1v) is 6.95. The van der Waals surface area contributed by atoms with Crippen molar-refractivity contribution in [3.63, 3.8) is 0 Å². The summed E-state index contributed by atoms with van der Waals surface area (Å²) in [6, 6.07) is 0.185. The van der Waals surface area contributed by atoms with Crippen LogP contribution in [0.4, 0.5) is 5.69 Å². The van der Waals surface area contributed by atoms with Crippen LogP contribution in [0.2, 0.25) is 0 Å². The average molecular weight is 264 g/mol. The maximum atomic E-state index is 12.1. The van der Waals surface area contributed by atoms with Crippen LogP contribution in [-0.4, -0.2) is 34.9 Å². The summed E-state index contributed by atoms with van der Waals surface area (Å²) in [6.07, 6.45) is 4.30. The molecule has 6 nitrogen and oxygen atoms in total.